The molecule has 0 fully saturated rings. The second kappa shape index (κ2) is 12.5. The average molecular weight is 541 g/mol. The molecule has 2 aromatic heterocycles. The Kier molecular flexibility index (Phi) is 9.67. The lowest BCUT2D eigenvalue weighted by Crippen LogP contribution is -2.32. The Morgan fingerprint density at radius 3 is 2.37 bits per heavy atom. The van der Waals surface area contributed by atoms with Crippen LogP contribution in [0.2, 0.25) is 25.7 Å². The van der Waals surface area contributed by atoms with Gasteiger partial charge in [0.15, 0.2) is 5.82 Å². The van der Waals surface area contributed by atoms with Gasteiger partial charge in [-0.1, -0.05) is 43.9 Å². The van der Waals surface area contributed by atoms with E-state index in [0.717, 1.165) is 28.3 Å². The number of hydrogen-bond donors (Lipinski definition) is 0. The molecular weight excluding hydrogens is 500 g/mol. The monoisotopic (exact) mass is 540 g/mol. The maximum absolute atomic E-state index is 11.9. The average Bonchev–Trinajstić information content (AvgIpc) is 3.27. The third kappa shape index (κ3) is 7.88. The predicted octanol–water partition coefficient (Wildman–Crippen LogP) is 5.60. The van der Waals surface area contributed by atoms with Crippen molar-refractivity contribution in [3.8, 4) is 34.4 Å². The van der Waals surface area contributed by atoms with Crippen molar-refractivity contribution in [1.82, 2.24) is 19.7 Å². The van der Waals surface area contributed by atoms with Crippen molar-refractivity contribution in [1.29, 1.82) is 0 Å². The fraction of sp³-hybridized carbons (Fsp3) is 0.500. The van der Waals surface area contributed by atoms with E-state index in [1.165, 1.54) is 7.11 Å². The third-order valence-electron chi connectivity index (χ3n) is 5.98. The summed E-state index contributed by atoms with van der Waals surface area (Å²) < 4.78 is 23.8. The Bertz CT molecular complexity index is 1220. The van der Waals surface area contributed by atoms with Crippen LogP contribution in [-0.2, 0) is 21.0 Å². The molecule has 9 nitrogen and oxygen atoms in total. The molecule has 0 unspecified atom stereocenters. The number of carbonyl (C=O) groups excluding carboxylic acids is 1. The van der Waals surface area contributed by atoms with Crippen molar-refractivity contribution in [3.05, 3.63) is 42.1 Å². The summed E-state index contributed by atoms with van der Waals surface area (Å²) in [7, 11) is 0.212. The highest BCUT2D eigenvalue weighted by Gasteiger charge is 2.30. The van der Waals surface area contributed by atoms with Crippen LogP contribution in [0.3, 0.4) is 0 Å². The normalized spacial score (nSPS) is 11.9. The maximum atomic E-state index is 11.9. The van der Waals surface area contributed by atoms with Gasteiger partial charge >= 0.3 is 12.0 Å². The van der Waals surface area contributed by atoms with Gasteiger partial charge in [0.1, 0.15) is 13.3 Å². The molecule has 0 N–H and O–H groups in total. The van der Waals surface area contributed by atoms with E-state index in [1.807, 2.05) is 44.2 Å². The number of benzene rings is 1. The maximum Gasteiger partial charge on any atom is 0.317 e. The van der Waals surface area contributed by atoms with E-state index >= 15 is 0 Å². The molecule has 3 aromatic rings. The zero-order valence-corrected chi connectivity index (χ0v) is 24.8. The molecule has 0 aliphatic rings. The van der Waals surface area contributed by atoms with Crippen LogP contribution in [0.25, 0.3) is 22.5 Å². The van der Waals surface area contributed by atoms with Crippen molar-refractivity contribution in [3.63, 3.8) is 0 Å². The zero-order valence-electron chi connectivity index (χ0n) is 23.8. The molecule has 0 aliphatic heterocycles. The molecule has 0 saturated heterocycles. The van der Waals surface area contributed by atoms with Gasteiger partial charge < -0.3 is 18.9 Å². The molecule has 10 heteroatoms. The number of aromatic nitrogens is 4. The first kappa shape index (κ1) is 29.3. The molecule has 1 aromatic carbocycles. The SMILES string of the molecule is CCOc1nc(-c2ccc(-c3cnc(OCC(C)(C)C(=O)OC)cc3C)cc2)nn1COCC[Si](C)(C)C. The standard InChI is InChI=1S/C28H40N4O5Si/c1-9-36-27-30-25(31-32(27)19-35-14-15-38(6,7)8)22-12-10-21(11-13-22)23-17-29-24(16-20(23)2)37-18-28(3,4)26(33)34-5/h10-13,16-17H,9,14-15,18-19H2,1-8H3. The minimum absolute atomic E-state index is 0.174. The second-order valence-electron chi connectivity index (χ2n) is 11.1. The first-order valence-corrected chi connectivity index (χ1v) is 16.6. The first-order valence-electron chi connectivity index (χ1n) is 12.9. The molecule has 0 spiro atoms. The lowest BCUT2D eigenvalue weighted by atomic mass is 9.95. The number of ether oxygens (including phenoxy) is 4. The van der Waals surface area contributed by atoms with Crippen molar-refractivity contribution in [2.75, 3.05) is 26.9 Å². The minimum Gasteiger partial charge on any atom is -0.476 e. The minimum atomic E-state index is -1.16. The fourth-order valence-electron chi connectivity index (χ4n) is 3.60. The lowest BCUT2D eigenvalue weighted by molar-refractivity contribution is -0.152. The summed E-state index contributed by atoms with van der Waals surface area (Å²) in [5.41, 5.74) is 3.13. The molecule has 2 heterocycles. The molecule has 38 heavy (non-hydrogen) atoms. The van der Waals surface area contributed by atoms with Crippen LogP contribution in [0, 0.1) is 12.3 Å². The molecular formula is C28H40N4O5Si. The summed E-state index contributed by atoms with van der Waals surface area (Å²) in [6.45, 7) is 16.1. The van der Waals surface area contributed by atoms with Gasteiger partial charge in [-0.3, -0.25) is 4.79 Å². The smallest absolute Gasteiger partial charge is 0.317 e. The molecule has 0 saturated carbocycles. The van der Waals surface area contributed by atoms with Crippen LogP contribution in [0.5, 0.6) is 11.9 Å². The fourth-order valence-corrected chi connectivity index (χ4v) is 4.36. The van der Waals surface area contributed by atoms with Gasteiger partial charge in [-0.15, -0.1) is 5.10 Å². The Morgan fingerprint density at radius 2 is 1.76 bits per heavy atom. The number of pyridine rings is 1. The zero-order chi connectivity index (χ0) is 27.9. The van der Waals surface area contributed by atoms with Gasteiger partial charge in [0.25, 0.3) is 0 Å². The highest BCUT2D eigenvalue weighted by Crippen LogP contribution is 2.28. The number of carbonyl (C=O) groups is 1. The highest BCUT2D eigenvalue weighted by atomic mass is 28.3. The Labute approximate surface area is 226 Å². The van der Waals surface area contributed by atoms with Crippen LogP contribution in [0.4, 0.5) is 0 Å². The summed E-state index contributed by atoms with van der Waals surface area (Å²) in [5, 5.41) is 4.63. The van der Waals surface area contributed by atoms with Crippen LogP contribution in [0.1, 0.15) is 26.3 Å². The van der Waals surface area contributed by atoms with Gasteiger partial charge in [0.05, 0.1) is 19.1 Å². The number of nitrogens with zero attached hydrogens (tertiary/aromatic N) is 4. The van der Waals surface area contributed by atoms with Crippen LogP contribution < -0.4 is 9.47 Å². The van der Waals surface area contributed by atoms with Gasteiger partial charge in [0, 0.05) is 38.1 Å². The van der Waals surface area contributed by atoms with Crippen molar-refractivity contribution < 1.29 is 23.7 Å². The first-order chi connectivity index (χ1) is 17.9. The number of methoxy groups -OCH3 is 1. The van der Waals surface area contributed by atoms with Crippen LogP contribution >= 0.6 is 0 Å². The number of rotatable bonds is 13. The molecule has 3 rings (SSSR count). The van der Waals surface area contributed by atoms with Crippen molar-refractivity contribution in [2.45, 2.75) is 60.1 Å². The summed E-state index contributed by atoms with van der Waals surface area (Å²) in [6, 6.07) is 11.4. The van der Waals surface area contributed by atoms with E-state index in [9.17, 15) is 4.79 Å². The second-order valence-corrected chi connectivity index (χ2v) is 16.7. The van der Waals surface area contributed by atoms with E-state index in [4.69, 9.17) is 18.9 Å². The Hall–Kier alpha value is -3.24. The van der Waals surface area contributed by atoms with Crippen LogP contribution in [-0.4, -0.2) is 60.7 Å². The van der Waals surface area contributed by atoms with E-state index in [2.05, 4.69) is 34.7 Å². The largest absolute Gasteiger partial charge is 0.476 e. The van der Waals surface area contributed by atoms with Crippen LogP contribution in [0.15, 0.2) is 36.5 Å². The Morgan fingerprint density at radius 1 is 1.08 bits per heavy atom. The molecule has 206 valence electrons. The summed E-state index contributed by atoms with van der Waals surface area (Å²) in [5.74, 6) is 0.721. The molecule has 0 aliphatic carbocycles. The quantitative estimate of drug-likeness (QED) is 0.157. The van der Waals surface area contributed by atoms with Gasteiger partial charge in [-0.2, -0.15) is 9.67 Å². The topological polar surface area (TPSA) is 97.6 Å². The van der Waals surface area contributed by atoms with Gasteiger partial charge in [-0.05, 0) is 44.9 Å². The predicted molar refractivity (Wildman–Crippen MR) is 150 cm³/mol. The summed E-state index contributed by atoms with van der Waals surface area (Å²) >= 11 is 0. The van der Waals surface area contributed by atoms with E-state index in [1.54, 1.807) is 24.7 Å². The molecule has 0 bridgehead atoms. The number of esters is 1. The highest BCUT2D eigenvalue weighted by molar-refractivity contribution is 6.76. The van der Waals surface area contributed by atoms with Crippen molar-refractivity contribution in [2.24, 2.45) is 5.41 Å². The molecule has 0 radical (unpaired) electrons. The number of hydrogen-bond acceptors (Lipinski definition) is 8. The van der Waals surface area contributed by atoms with Gasteiger partial charge in [-0.25, -0.2) is 4.98 Å². The summed E-state index contributed by atoms with van der Waals surface area (Å²) in [6.07, 6.45) is 1.78. The van der Waals surface area contributed by atoms with Gasteiger partial charge in [0.2, 0.25) is 5.88 Å². The van der Waals surface area contributed by atoms with E-state index < -0.39 is 13.5 Å². The molecule has 0 amide bonds. The lowest BCUT2D eigenvalue weighted by Gasteiger charge is -2.21. The molecule has 0 atom stereocenters. The van der Waals surface area contributed by atoms with E-state index in [-0.39, 0.29) is 12.6 Å². The third-order valence-corrected chi connectivity index (χ3v) is 7.68. The Balaban J connectivity index is 1.70. The van der Waals surface area contributed by atoms with Crippen molar-refractivity contribution >= 4 is 14.0 Å². The van der Waals surface area contributed by atoms with E-state index in [0.29, 0.717) is 37.7 Å². The number of aryl methyl sites for hydroxylation is 1. The summed E-state index contributed by atoms with van der Waals surface area (Å²) in [4.78, 5) is 20.9.